The number of nitrogens with one attached hydrogen (secondary N) is 1. The molecule has 0 unspecified atom stereocenters. The van der Waals surface area contributed by atoms with Gasteiger partial charge < -0.3 is 15.4 Å². The Morgan fingerprint density at radius 1 is 1.22 bits per heavy atom. The van der Waals surface area contributed by atoms with Gasteiger partial charge in [-0.3, -0.25) is 0 Å². The molecule has 0 spiro atoms. The third kappa shape index (κ3) is 3.10. The van der Waals surface area contributed by atoms with Crippen LogP contribution in [0.4, 0.5) is 5.69 Å². The first-order valence-electron chi connectivity index (χ1n) is 4.79. The zero-order valence-electron chi connectivity index (χ0n) is 9.12. The van der Waals surface area contributed by atoms with Crippen LogP contribution in [0.5, 0.6) is 0 Å². The number of nitriles is 3. The summed E-state index contributed by atoms with van der Waals surface area (Å²) < 4.78 is 0. The molecule has 1 rings (SSSR count). The molecule has 0 amide bonds. The molecule has 0 atom stereocenters. The van der Waals surface area contributed by atoms with Crippen molar-refractivity contribution in [2.45, 2.75) is 0 Å². The van der Waals surface area contributed by atoms with Gasteiger partial charge in [0.1, 0.15) is 17.7 Å². The van der Waals surface area contributed by atoms with E-state index in [1.165, 1.54) is 18.2 Å². The van der Waals surface area contributed by atoms with Gasteiger partial charge in [-0.15, -0.1) is 0 Å². The summed E-state index contributed by atoms with van der Waals surface area (Å²) >= 11 is 0. The summed E-state index contributed by atoms with van der Waals surface area (Å²) in [6.45, 7) is 0. The molecule has 0 saturated heterocycles. The molecule has 0 fully saturated rings. The lowest BCUT2D eigenvalue weighted by Gasteiger charge is -2.08. The Labute approximate surface area is 104 Å². The number of nitrogens with zero attached hydrogens (tertiary/aromatic N) is 3. The molecular weight excluding hydrogens is 231 g/mol. The fraction of sp³-hybridized carbons (Fsp3) is 0. The van der Waals surface area contributed by atoms with E-state index in [0.29, 0.717) is 5.56 Å². The van der Waals surface area contributed by atoms with Crippen LogP contribution in [-0.2, 0) is 0 Å². The van der Waals surface area contributed by atoms with Crippen molar-refractivity contribution in [1.29, 1.82) is 15.8 Å². The summed E-state index contributed by atoms with van der Waals surface area (Å²) in [6, 6.07) is 9.38. The minimum Gasteiger partial charge on any atom is -0.423 e. The number of hydrogen-bond donors (Lipinski definition) is 3. The van der Waals surface area contributed by atoms with E-state index in [9.17, 15) is 0 Å². The molecule has 0 bridgehead atoms. The largest absolute Gasteiger partial charge is 0.490 e. The van der Waals surface area contributed by atoms with E-state index in [1.807, 2.05) is 6.07 Å². The second-order valence-corrected chi connectivity index (χ2v) is 3.21. The van der Waals surface area contributed by atoms with Crippen molar-refractivity contribution >= 4 is 18.3 Å². The highest BCUT2D eigenvalue weighted by Crippen LogP contribution is 2.09. The lowest BCUT2D eigenvalue weighted by Crippen LogP contribution is -2.32. The highest BCUT2D eigenvalue weighted by Gasteiger charge is 2.16. The van der Waals surface area contributed by atoms with Gasteiger partial charge in [0.15, 0.2) is 0 Å². The van der Waals surface area contributed by atoms with Crippen molar-refractivity contribution in [3.05, 3.63) is 35.5 Å². The van der Waals surface area contributed by atoms with E-state index in [4.69, 9.17) is 25.8 Å². The van der Waals surface area contributed by atoms with E-state index >= 15 is 0 Å². The molecule has 0 aromatic heterocycles. The van der Waals surface area contributed by atoms with E-state index in [0.717, 1.165) is 6.20 Å². The normalized spacial score (nSPS) is 8.39. The second kappa shape index (κ2) is 6.07. The molecule has 1 aromatic rings. The van der Waals surface area contributed by atoms with Crippen molar-refractivity contribution in [3.63, 3.8) is 0 Å². The van der Waals surface area contributed by atoms with Gasteiger partial charge in [0.05, 0.1) is 11.6 Å². The average molecular weight is 238 g/mol. The van der Waals surface area contributed by atoms with Crippen LogP contribution in [-0.4, -0.2) is 17.2 Å². The number of allylic oxidation sites excluding steroid dienone is 1. The van der Waals surface area contributed by atoms with Crippen molar-refractivity contribution in [2.75, 3.05) is 5.32 Å². The molecule has 6 nitrogen and oxygen atoms in total. The predicted molar refractivity (Wildman–Crippen MR) is 63.9 cm³/mol. The summed E-state index contributed by atoms with van der Waals surface area (Å²) in [4.78, 5) is 0. The molecule has 0 heterocycles. The highest BCUT2D eigenvalue weighted by atomic mass is 16.4. The molecule has 7 heteroatoms. The van der Waals surface area contributed by atoms with E-state index in [1.54, 1.807) is 12.1 Å². The first-order valence-corrected chi connectivity index (χ1v) is 4.79. The minimum absolute atomic E-state index is 0.139. The van der Waals surface area contributed by atoms with Crippen LogP contribution in [0.15, 0.2) is 30.0 Å². The summed E-state index contributed by atoms with van der Waals surface area (Å²) in [7, 11) is -1.72. The van der Waals surface area contributed by atoms with Crippen LogP contribution in [0.3, 0.4) is 0 Å². The highest BCUT2D eigenvalue weighted by molar-refractivity contribution is 6.60. The van der Waals surface area contributed by atoms with E-state index in [-0.39, 0.29) is 16.7 Å². The van der Waals surface area contributed by atoms with Crippen molar-refractivity contribution in [3.8, 4) is 18.2 Å². The number of rotatable bonds is 3. The average Bonchev–Trinajstić information content (AvgIpc) is 2.39. The van der Waals surface area contributed by atoms with Crippen LogP contribution < -0.4 is 10.8 Å². The third-order valence-electron chi connectivity index (χ3n) is 2.07. The Bertz CT molecular complexity index is 589. The zero-order chi connectivity index (χ0) is 13.5. The summed E-state index contributed by atoms with van der Waals surface area (Å²) in [5.74, 6) is 0. The maximum Gasteiger partial charge on any atom is 0.490 e. The Kier molecular flexibility index (Phi) is 4.48. The van der Waals surface area contributed by atoms with Crippen LogP contribution in [0.2, 0.25) is 0 Å². The minimum atomic E-state index is -1.72. The zero-order valence-corrected chi connectivity index (χ0v) is 9.12. The number of hydrogen-bond acceptors (Lipinski definition) is 6. The van der Waals surface area contributed by atoms with Crippen LogP contribution >= 0.6 is 0 Å². The van der Waals surface area contributed by atoms with E-state index < -0.39 is 7.12 Å². The SMILES string of the molecule is N#CC(C#N)=CNc1cc(C#N)ccc1B(O)O. The summed E-state index contributed by atoms with van der Waals surface area (Å²) in [6.07, 6.45) is 1.13. The lowest BCUT2D eigenvalue weighted by atomic mass is 9.78. The molecule has 0 aliphatic heterocycles. The maximum absolute atomic E-state index is 9.13. The van der Waals surface area contributed by atoms with Crippen molar-refractivity contribution < 1.29 is 10.0 Å². The van der Waals surface area contributed by atoms with Gasteiger partial charge in [0, 0.05) is 17.4 Å². The fourth-order valence-corrected chi connectivity index (χ4v) is 1.22. The smallest absolute Gasteiger partial charge is 0.423 e. The molecule has 0 aliphatic rings. The summed E-state index contributed by atoms with van der Waals surface area (Å²) in [5.41, 5.74) is 0.522. The first-order chi connectivity index (χ1) is 8.62. The topological polar surface area (TPSA) is 124 Å². The molecule has 0 radical (unpaired) electrons. The Morgan fingerprint density at radius 3 is 2.39 bits per heavy atom. The Balaban J connectivity index is 3.15. The number of anilines is 1. The molecule has 86 valence electrons. The molecular formula is C11H7BN4O2. The standard InChI is InChI=1S/C11H7BN4O2/c13-4-8-1-2-10(12(17)18)11(3-8)16-7-9(5-14)6-15/h1-3,7,16-18H. The fourth-order valence-electron chi connectivity index (χ4n) is 1.22. The van der Waals surface area contributed by atoms with Gasteiger partial charge >= 0.3 is 7.12 Å². The predicted octanol–water partition coefficient (Wildman–Crippen LogP) is -0.419. The Morgan fingerprint density at radius 2 is 1.89 bits per heavy atom. The molecule has 0 aliphatic carbocycles. The Hall–Kier alpha value is -2.79. The quantitative estimate of drug-likeness (QED) is 0.485. The van der Waals surface area contributed by atoms with Crippen molar-refractivity contribution in [1.82, 2.24) is 0 Å². The first kappa shape index (κ1) is 13.3. The van der Waals surface area contributed by atoms with Gasteiger partial charge in [-0.2, -0.15) is 15.8 Å². The lowest BCUT2D eigenvalue weighted by molar-refractivity contribution is 0.426. The molecule has 0 saturated carbocycles. The molecule has 18 heavy (non-hydrogen) atoms. The second-order valence-electron chi connectivity index (χ2n) is 3.21. The number of benzene rings is 1. The molecule has 1 aromatic carbocycles. The maximum atomic E-state index is 9.13. The van der Waals surface area contributed by atoms with Gasteiger partial charge in [-0.05, 0) is 12.1 Å². The van der Waals surface area contributed by atoms with Crippen LogP contribution in [0.1, 0.15) is 5.56 Å². The van der Waals surface area contributed by atoms with Gasteiger partial charge in [0.2, 0.25) is 0 Å². The van der Waals surface area contributed by atoms with Gasteiger partial charge in [-0.25, -0.2) is 0 Å². The van der Waals surface area contributed by atoms with Crippen LogP contribution in [0.25, 0.3) is 0 Å². The van der Waals surface area contributed by atoms with Crippen molar-refractivity contribution in [2.24, 2.45) is 0 Å². The van der Waals surface area contributed by atoms with Gasteiger partial charge in [0.25, 0.3) is 0 Å². The molecule has 3 N–H and O–H groups in total. The summed E-state index contributed by atoms with van der Waals surface area (Å²) in [5, 5.41) is 46.7. The van der Waals surface area contributed by atoms with Gasteiger partial charge in [-0.1, -0.05) is 6.07 Å². The van der Waals surface area contributed by atoms with E-state index in [2.05, 4.69) is 5.32 Å². The monoisotopic (exact) mass is 238 g/mol. The third-order valence-corrected chi connectivity index (χ3v) is 2.07. The van der Waals surface area contributed by atoms with Crippen LogP contribution in [0, 0.1) is 34.0 Å².